The summed E-state index contributed by atoms with van der Waals surface area (Å²) in [7, 11) is -3.40. The normalized spacial score (nSPS) is 17.8. The van der Waals surface area contributed by atoms with Gasteiger partial charge in [0.1, 0.15) is 4.88 Å². The average Bonchev–Trinajstić information content (AvgIpc) is 3.27. The standard InChI is InChI=1S/C20H21N3O5S2/c24-18(23-20-22-11-16(29-20)19(25)26)15(9-12-3-1-2-4-12)13-5-8-17(21-10-13)30(27,28)14-6-7-14/h5,8-12,14H,1-4,6-7H2,(H,25,26)(H,22,23,24)/b15-9-. The number of pyridine rings is 1. The van der Waals surface area contributed by atoms with Crippen LogP contribution in [0.1, 0.15) is 53.8 Å². The quantitative estimate of drug-likeness (QED) is 0.623. The average molecular weight is 448 g/mol. The largest absolute Gasteiger partial charge is 0.477 e. The zero-order valence-corrected chi connectivity index (χ0v) is 17.7. The predicted octanol–water partition coefficient (Wildman–Crippen LogP) is 3.38. The first kappa shape index (κ1) is 20.7. The van der Waals surface area contributed by atoms with Gasteiger partial charge in [0.15, 0.2) is 20.0 Å². The van der Waals surface area contributed by atoms with Gasteiger partial charge < -0.3 is 5.11 Å². The van der Waals surface area contributed by atoms with Crippen LogP contribution in [0.2, 0.25) is 0 Å². The molecule has 2 aromatic heterocycles. The smallest absolute Gasteiger partial charge is 0.347 e. The van der Waals surface area contributed by atoms with Gasteiger partial charge >= 0.3 is 5.97 Å². The van der Waals surface area contributed by atoms with Crippen molar-refractivity contribution in [1.82, 2.24) is 9.97 Å². The second-order valence-electron chi connectivity index (χ2n) is 7.54. The summed E-state index contributed by atoms with van der Waals surface area (Å²) in [6.45, 7) is 0. The number of carbonyl (C=O) groups is 2. The Kier molecular flexibility index (Phi) is 5.70. The van der Waals surface area contributed by atoms with Crippen molar-refractivity contribution in [2.45, 2.75) is 48.8 Å². The van der Waals surface area contributed by atoms with E-state index in [1.807, 2.05) is 6.08 Å². The van der Waals surface area contributed by atoms with Gasteiger partial charge in [-0.15, -0.1) is 0 Å². The van der Waals surface area contributed by atoms with Gasteiger partial charge in [0, 0.05) is 17.3 Å². The number of aromatic carboxylic acids is 1. The molecule has 2 aliphatic carbocycles. The van der Waals surface area contributed by atoms with E-state index in [-0.39, 0.29) is 26.2 Å². The van der Waals surface area contributed by atoms with Gasteiger partial charge in [-0.05, 0) is 43.7 Å². The molecule has 2 aromatic rings. The molecule has 0 unspecified atom stereocenters. The lowest BCUT2D eigenvalue weighted by atomic mass is 9.99. The van der Waals surface area contributed by atoms with Gasteiger partial charge in [-0.1, -0.05) is 30.3 Å². The fourth-order valence-electron chi connectivity index (χ4n) is 3.52. The van der Waals surface area contributed by atoms with Crippen molar-refractivity contribution in [3.8, 4) is 0 Å². The molecule has 2 aliphatic rings. The number of anilines is 1. The Hall–Kier alpha value is -2.59. The van der Waals surface area contributed by atoms with E-state index in [1.165, 1.54) is 18.5 Å². The molecule has 0 atom stereocenters. The molecule has 4 rings (SSSR count). The number of amides is 1. The van der Waals surface area contributed by atoms with Crippen LogP contribution in [0, 0.1) is 5.92 Å². The summed E-state index contributed by atoms with van der Waals surface area (Å²) in [4.78, 5) is 32.1. The number of aromatic nitrogens is 2. The maximum Gasteiger partial charge on any atom is 0.347 e. The second kappa shape index (κ2) is 8.27. The van der Waals surface area contributed by atoms with Crippen LogP contribution in [0.3, 0.4) is 0 Å². The zero-order valence-electron chi connectivity index (χ0n) is 16.1. The van der Waals surface area contributed by atoms with Crippen molar-refractivity contribution in [2.24, 2.45) is 5.92 Å². The summed E-state index contributed by atoms with van der Waals surface area (Å²) in [6, 6.07) is 3.05. The van der Waals surface area contributed by atoms with Crippen LogP contribution < -0.4 is 5.32 Å². The number of hydrogen-bond acceptors (Lipinski definition) is 7. The van der Waals surface area contributed by atoms with E-state index >= 15 is 0 Å². The summed E-state index contributed by atoms with van der Waals surface area (Å²) in [5, 5.41) is 11.6. The van der Waals surface area contributed by atoms with Crippen molar-refractivity contribution in [2.75, 3.05) is 5.32 Å². The van der Waals surface area contributed by atoms with Crippen LogP contribution in [-0.4, -0.2) is 40.6 Å². The lowest BCUT2D eigenvalue weighted by Gasteiger charge is -2.11. The highest BCUT2D eigenvalue weighted by Crippen LogP contribution is 2.34. The Balaban J connectivity index is 1.60. The van der Waals surface area contributed by atoms with E-state index in [0.29, 0.717) is 24.0 Å². The van der Waals surface area contributed by atoms with Crippen molar-refractivity contribution in [3.05, 3.63) is 41.0 Å². The number of hydrogen-bond donors (Lipinski definition) is 2. The molecule has 0 bridgehead atoms. The molecular formula is C20H21N3O5S2. The summed E-state index contributed by atoms with van der Waals surface area (Å²) in [5.41, 5.74) is 0.904. The minimum absolute atomic E-state index is 0.0281. The van der Waals surface area contributed by atoms with E-state index in [4.69, 9.17) is 5.11 Å². The van der Waals surface area contributed by atoms with E-state index in [2.05, 4.69) is 15.3 Å². The second-order valence-corrected chi connectivity index (χ2v) is 10.7. The maximum atomic E-state index is 13.0. The minimum atomic E-state index is -3.40. The van der Waals surface area contributed by atoms with Gasteiger partial charge in [-0.2, -0.15) is 0 Å². The maximum absolute atomic E-state index is 13.0. The number of carbonyl (C=O) groups excluding carboxylic acids is 1. The molecule has 2 fully saturated rings. The van der Waals surface area contributed by atoms with Crippen LogP contribution in [-0.2, 0) is 14.6 Å². The molecule has 0 saturated heterocycles. The molecule has 8 nitrogen and oxygen atoms in total. The summed E-state index contributed by atoms with van der Waals surface area (Å²) in [5.74, 6) is -1.27. The number of carboxylic acid groups (broad SMARTS) is 1. The van der Waals surface area contributed by atoms with Crippen LogP contribution in [0.25, 0.3) is 5.57 Å². The molecule has 2 heterocycles. The highest BCUT2D eigenvalue weighted by atomic mass is 32.2. The fourth-order valence-corrected chi connectivity index (χ4v) is 5.72. The molecule has 0 radical (unpaired) electrons. The highest BCUT2D eigenvalue weighted by molar-refractivity contribution is 7.92. The third kappa shape index (κ3) is 4.44. The highest BCUT2D eigenvalue weighted by Gasteiger charge is 2.37. The number of nitrogens with zero attached hydrogens (tertiary/aromatic N) is 2. The Bertz CT molecular complexity index is 1100. The van der Waals surface area contributed by atoms with Gasteiger partial charge in [-0.3, -0.25) is 10.1 Å². The molecule has 1 amide bonds. The molecule has 0 aliphatic heterocycles. The summed E-state index contributed by atoms with van der Waals surface area (Å²) in [6.07, 6.45) is 10.0. The molecule has 10 heteroatoms. The van der Waals surface area contributed by atoms with Crippen molar-refractivity contribution >= 4 is 43.8 Å². The third-order valence-corrected chi connectivity index (χ3v) is 8.36. The number of rotatable bonds is 7. The molecule has 158 valence electrons. The zero-order chi connectivity index (χ0) is 21.3. The van der Waals surface area contributed by atoms with E-state index in [0.717, 1.165) is 37.0 Å². The molecule has 0 aromatic carbocycles. The van der Waals surface area contributed by atoms with Gasteiger partial charge in [0.25, 0.3) is 5.91 Å². The SMILES string of the molecule is O=C(Nc1ncc(C(=O)O)s1)/C(=C\C1CCCC1)c1ccc(S(=O)(=O)C2CC2)nc1. The van der Waals surface area contributed by atoms with Crippen LogP contribution in [0.15, 0.2) is 35.6 Å². The molecule has 30 heavy (non-hydrogen) atoms. The summed E-state index contributed by atoms with van der Waals surface area (Å²) >= 11 is 0.876. The fraction of sp³-hybridized carbons (Fsp3) is 0.400. The van der Waals surface area contributed by atoms with E-state index in [9.17, 15) is 18.0 Å². The summed E-state index contributed by atoms with van der Waals surface area (Å²) < 4.78 is 24.8. The molecule has 2 saturated carbocycles. The Labute approximate surface area is 178 Å². The number of carboxylic acids is 1. The first-order chi connectivity index (χ1) is 14.3. The minimum Gasteiger partial charge on any atom is -0.477 e. The number of thiazole rings is 1. The molecule has 2 N–H and O–H groups in total. The first-order valence-electron chi connectivity index (χ1n) is 9.77. The van der Waals surface area contributed by atoms with Gasteiger partial charge in [-0.25, -0.2) is 23.2 Å². The Morgan fingerprint density at radius 3 is 2.40 bits per heavy atom. The lowest BCUT2D eigenvalue weighted by Crippen LogP contribution is -2.15. The third-order valence-electron chi connectivity index (χ3n) is 5.29. The lowest BCUT2D eigenvalue weighted by molar-refractivity contribution is -0.111. The van der Waals surface area contributed by atoms with E-state index < -0.39 is 21.7 Å². The topological polar surface area (TPSA) is 126 Å². The monoisotopic (exact) mass is 447 g/mol. The van der Waals surface area contributed by atoms with Crippen LogP contribution in [0.5, 0.6) is 0 Å². The first-order valence-corrected chi connectivity index (χ1v) is 12.1. The Morgan fingerprint density at radius 2 is 1.83 bits per heavy atom. The predicted molar refractivity (Wildman–Crippen MR) is 112 cm³/mol. The van der Waals surface area contributed by atoms with Gasteiger partial charge in [0.2, 0.25) is 0 Å². The van der Waals surface area contributed by atoms with Crippen molar-refractivity contribution in [1.29, 1.82) is 0 Å². The van der Waals surface area contributed by atoms with Crippen molar-refractivity contribution < 1.29 is 23.1 Å². The van der Waals surface area contributed by atoms with Crippen LogP contribution in [0.4, 0.5) is 5.13 Å². The Morgan fingerprint density at radius 1 is 1.10 bits per heavy atom. The number of allylic oxidation sites excluding steroid dienone is 1. The number of nitrogens with one attached hydrogen (secondary N) is 1. The molecule has 0 spiro atoms. The number of sulfone groups is 1. The van der Waals surface area contributed by atoms with E-state index in [1.54, 1.807) is 6.07 Å². The van der Waals surface area contributed by atoms with Crippen LogP contribution >= 0.6 is 11.3 Å². The molecular weight excluding hydrogens is 426 g/mol. The van der Waals surface area contributed by atoms with Gasteiger partial charge in [0.05, 0.1) is 11.4 Å². The van der Waals surface area contributed by atoms with Crippen molar-refractivity contribution in [3.63, 3.8) is 0 Å².